The number of nitrogens with two attached hydrogens (primary N) is 1. The molecule has 0 atom stereocenters. The van der Waals surface area contributed by atoms with Crippen LogP contribution in [-0.4, -0.2) is 31.2 Å². The van der Waals surface area contributed by atoms with Crippen LogP contribution < -0.4 is 15.5 Å². The average molecular weight is 268 g/mol. The van der Waals surface area contributed by atoms with Gasteiger partial charge >= 0.3 is 0 Å². The molecule has 20 heavy (non-hydrogen) atoms. The van der Waals surface area contributed by atoms with Gasteiger partial charge in [0.15, 0.2) is 0 Å². The summed E-state index contributed by atoms with van der Waals surface area (Å²) in [7, 11) is 0. The Kier molecular flexibility index (Phi) is 3.83. The van der Waals surface area contributed by atoms with E-state index in [4.69, 9.17) is 5.73 Å². The number of rotatable bonds is 3. The predicted molar refractivity (Wildman–Crippen MR) is 83.0 cm³/mol. The number of nitrogens with zero attached hydrogens (tertiary/aromatic N) is 3. The van der Waals surface area contributed by atoms with Gasteiger partial charge in [0.1, 0.15) is 5.82 Å². The number of hydrogen-bond donors (Lipinski definition) is 1. The van der Waals surface area contributed by atoms with Crippen molar-refractivity contribution in [3.63, 3.8) is 0 Å². The number of pyridine rings is 1. The Morgan fingerprint density at radius 3 is 2.25 bits per heavy atom. The summed E-state index contributed by atoms with van der Waals surface area (Å²) in [5.74, 6) is 1.04. The first kappa shape index (κ1) is 12.9. The number of piperazine rings is 1. The van der Waals surface area contributed by atoms with E-state index in [0.717, 1.165) is 37.7 Å². The lowest BCUT2D eigenvalue weighted by atomic mass is 10.2. The maximum Gasteiger partial charge on any atom is 0.128 e. The molecule has 2 aromatic rings. The molecule has 2 N–H and O–H groups in total. The summed E-state index contributed by atoms with van der Waals surface area (Å²) >= 11 is 0. The summed E-state index contributed by atoms with van der Waals surface area (Å²) in [6, 6.07) is 16.7. The molecule has 1 aliphatic rings. The van der Waals surface area contributed by atoms with Crippen LogP contribution in [0.15, 0.2) is 48.5 Å². The summed E-state index contributed by atoms with van der Waals surface area (Å²) in [4.78, 5) is 9.35. The fraction of sp³-hybridized carbons (Fsp3) is 0.312. The van der Waals surface area contributed by atoms with Crippen molar-refractivity contribution in [1.82, 2.24) is 4.98 Å². The third-order valence-corrected chi connectivity index (χ3v) is 3.73. The quantitative estimate of drug-likeness (QED) is 0.923. The van der Waals surface area contributed by atoms with Gasteiger partial charge in [-0.05, 0) is 24.3 Å². The van der Waals surface area contributed by atoms with Crippen LogP contribution in [0, 0.1) is 0 Å². The van der Waals surface area contributed by atoms with Gasteiger partial charge in [-0.15, -0.1) is 0 Å². The molecular weight excluding hydrogens is 248 g/mol. The van der Waals surface area contributed by atoms with E-state index < -0.39 is 0 Å². The minimum absolute atomic E-state index is 0.498. The first-order chi connectivity index (χ1) is 9.86. The van der Waals surface area contributed by atoms with Crippen molar-refractivity contribution in [2.45, 2.75) is 6.54 Å². The zero-order valence-electron chi connectivity index (χ0n) is 11.6. The molecule has 1 saturated heterocycles. The highest BCUT2D eigenvalue weighted by Crippen LogP contribution is 2.19. The molecule has 0 spiro atoms. The van der Waals surface area contributed by atoms with Crippen molar-refractivity contribution in [2.24, 2.45) is 5.73 Å². The van der Waals surface area contributed by atoms with E-state index in [9.17, 15) is 0 Å². The monoisotopic (exact) mass is 268 g/mol. The van der Waals surface area contributed by atoms with Gasteiger partial charge < -0.3 is 15.5 Å². The molecule has 0 saturated carbocycles. The number of anilines is 2. The fourth-order valence-corrected chi connectivity index (χ4v) is 2.59. The van der Waals surface area contributed by atoms with Crippen LogP contribution in [0.1, 0.15) is 5.69 Å². The molecular formula is C16H20N4. The van der Waals surface area contributed by atoms with Gasteiger partial charge in [-0.3, -0.25) is 0 Å². The van der Waals surface area contributed by atoms with Crippen LogP contribution >= 0.6 is 0 Å². The summed E-state index contributed by atoms with van der Waals surface area (Å²) in [6.07, 6.45) is 0. The van der Waals surface area contributed by atoms with Crippen LogP contribution in [0.2, 0.25) is 0 Å². The Morgan fingerprint density at radius 2 is 1.55 bits per heavy atom. The van der Waals surface area contributed by atoms with E-state index >= 15 is 0 Å². The van der Waals surface area contributed by atoms with Crippen LogP contribution in [0.4, 0.5) is 11.5 Å². The molecule has 4 nitrogen and oxygen atoms in total. The van der Waals surface area contributed by atoms with Crippen molar-refractivity contribution in [2.75, 3.05) is 36.0 Å². The van der Waals surface area contributed by atoms with Crippen molar-refractivity contribution in [3.05, 3.63) is 54.2 Å². The zero-order valence-corrected chi connectivity index (χ0v) is 11.6. The average Bonchev–Trinajstić information content (AvgIpc) is 2.56. The van der Waals surface area contributed by atoms with E-state index in [1.807, 2.05) is 12.1 Å². The molecule has 0 amide bonds. The second kappa shape index (κ2) is 5.92. The normalized spacial score (nSPS) is 15.4. The summed E-state index contributed by atoms with van der Waals surface area (Å²) < 4.78 is 0. The first-order valence-electron chi connectivity index (χ1n) is 7.08. The van der Waals surface area contributed by atoms with Crippen LogP contribution in [0.25, 0.3) is 0 Å². The highest BCUT2D eigenvalue weighted by molar-refractivity contribution is 5.49. The molecule has 0 bridgehead atoms. The summed E-state index contributed by atoms with van der Waals surface area (Å²) in [6.45, 7) is 4.54. The SMILES string of the molecule is NCc1cccc(N2CCN(c3ccccc3)CC2)n1. The fourth-order valence-electron chi connectivity index (χ4n) is 2.59. The second-order valence-corrected chi connectivity index (χ2v) is 5.00. The molecule has 104 valence electrons. The van der Waals surface area contributed by atoms with Gasteiger partial charge in [-0.2, -0.15) is 0 Å². The van der Waals surface area contributed by atoms with Crippen molar-refractivity contribution in [1.29, 1.82) is 0 Å². The Hall–Kier alpha value is -2.07. The standard InChI is InChI=1S/C16H20N4/c17-13-14-5-4-8-16(18-14)20-11-9-19(10-12-20)15-6-2-1-3-7-15/h1-8H,9-13,17H2. The maximum absolute atomic E-state index is 5.66. The number of para-hydroxylation sites is 1. The Labute approximate surface area is 119 Å². The van der Waals surface area contributed by atoms with Gasteiger partial charge in [0, 0.05) is 38.4 Å². The summed E-state index contributed by atoms with van der Waals surface area (Å²) in [5.41, 5.74) is 7.91. The lowest BCUT2D eigenvalue weighted by Crippen LogP contribution is -2.46. The third kappa shape index (κ3) is 2.75. The number of hydrogen-bond acceptors (Lipinski definition) is 4. The predicted octanol–water partition coefficient (Wildman–Crippen LogP) is 1.87. The molecule has 1 aliphatic heterocycles. The van der Waals surface area contributed by atoms with E-state index in [2.05, 4.69) is 51.2 Å². The molecule has 0 radical (unpaired) electrons. The lowest BCUT2D eigenvalue weighted by molar-refractivity contribution is 0.646. The van der Waals surface area contributed by atoms with Crippen LogP contribution in [0.5, 0.6) is 0 Å². The zero-order chi connectivity index (χ0) is 13.8. The smallest absolute Gasteiger partial charge is 0.128 e. The van der Waals surface area contributed by atoms with Crippen molar-refractivity contribution >= 4 is 11.5 Å². The maximum atomic E-state index is 5.66. The molecule has 4 heteroatoms. The van der Waals surface area contributed by atoms with E-state index in [0.29, 0.717) is 6.54 Å². The van der Waals surface area contributed by atoms with Crippen molar-refractivity contribution < 1.29 is 0 Å². The molecule has 2 heterocycles. The highest BCUT2D eigenvalue weighted by atomic mass is 15.3. The number of aromatic nitrogens is 1. The molecule has 0 aliphatic carbocycles. The van der Waals surface area contributed by atoms with Gasteiger partial charge in [0.2, 0.25) is 0 Å². The Bertz CT molecular complexity index is 547. The van der Waals surface area contributed by atoms with E-state index in [-0.39, 0.29) is 0 Å². The minimum Gasteiger partial charge on any atom is -0.368 e. The lowest BCUT2D eigenvalue weighted by Gasteiger charge is -2.36. The molecule has 3 rings (SSSR count). The van der Waals surface area contributed by atoms with Gasteiger partial charge in [-0.1, -0.05) is 24.3 Å². The summed E-state index contributed by atoms with van der Waals surface area (Å²) in [5, 5.41) is 0. The van der Waals surface area contributed by atoms with Gasteiger partial charge in [-0.25, -0.2) is 4.98 Å². The third-order valence-electron chi connectivity index (χ3n) is 3.73. The van der Waals surface area contributed by atoms with Crippen LogP contribution in [-0.2, 0) is 6.54 Å². The molecule has 0 unspecified atom stereocenters. The minimum atomic E-state index is 0.498. The topological polar surface area (TPSA) is 45.4 Å². The van der Waals surface area contributed by atoms with Crippen molar-refractivity contribution in [3.8, 4) is 0 Å². The second-order valence-electron chi connectivity index (χ2n) is 5.00. The first-order valence-corrected chi connectivity index (χ1v) is 7.08. The van der Waals surface area contributed by atoms with Crippen LogP contribution in [0.3, 0.4) is 0 Å². The highest BCUT2D eigenvalue weighted by Gasteiger charge is 2.18. The van der Waals surface area contributed by atoms with E-state index in [1.54, 1.807) is 0 Å². The number of benzene rings is 1. The van der Waals surface area contributed by atoms with Gasteiger partial charge in [0.25, 0.3) is 0 Å². The largest absolute Gasteiger partial charge is 0.368 e. The van der Waals surface area contributed by atoms with E-state index in [1.165, 1.54) is 5.69 Å². The Morgan fingerprint density at radius 1 is 0.850 bits per heavy atom. The Balaban J connectivity index is 1.66. The van der Waals surface area contributed by atoms with Gasteiger partial charge in [0.05, 0.1) is 5.69 Å². The molecule has 1 fully saturated rings. The molecule has 1 aromatic carbocycles. The molecule has 1 aromatic heterocycles.